The van der Waals surface area contributed by atoms with Gasteiger partial charge in [-0.2, -0.15) is 13.2 Å². The van der Waals surface area contributed by atoms with Crippen LogP contribution in [0.5, 0.6) is 0 Å². The zero-order valence-corrected chi connectivity index (χ0v) is 12.1. The molecule has 0 aliphatic rings. The molecule has 4 nitrogen and oxygen atoms in total. The summed E-state index contributed by atoms with van der Waals surface area (Å²) in [5.41, 5.74) is 0.977. The lowest BCUT2D eigenvalue weighted by Crippen LogP contribution is -2.38. The van der Waals surface area contributed by atoms with E-state index in [1.54, 1.807) is 13.2 Å². The van der Waals surface area contributed by atoms with Gasteiger partial charge in [0.1, 0.15) is 0 Å². The van der Waals surface area contributed by atoms with Crippen molar-refractivity contribution in [2.45, 2.75) is 31.9 Å². The number of hydrogen-bond donors (Lipinski definition) is 2. The summed E-state index contributed by atoms with van der Waals surface area (Å²) >= 11 is 0. The molecule has 21 heavy (non-hydrogen) atoms. The molecule has 2 N–H and O–H groups in total. The quantitative estimate of drug-likeness (QED) is 0.462. The largest absolute Gasteiger partial charge is 0.389 e. The fraction of sp³-hybridized carbons (Fsp3) is 0.571. The van der Waals surface area contributed by atoms with Gasteiger partial charge in [0.05, 0.1) is 0 Å². The van der Waals surface area contributed by atoms with Gasteiger partial charge in [0.2, 0.25) is 0 Å². The Labute approximate surface area is 122 Å². The summed E-state index contributed by atoms with van der Waals surface area (Å²) in [4.78, 5) is 8.22. The Hall–Kier alpha value is -1.79. The van der Waals surface area contributed by atoms with Crippen LogP contribution in [0, 0.1) is 0 Å². The van der Waals surface area contributed by atoms with E-state index in [0.29, 0.717) is 25.5 Å². The van der Waals surface area contributed by atoms with Crippen LogP contribution in [0.4, 0.5) is 13.2 Å². The van der Waals surface area contributed by atoms with E-state index in [-0.39, 0.29) is 6.42 Å². The van der Waals surface area contributed by atoms with Gasteiger partial charge in [-0.25, -0.2) is 0 Å². The smallest absolute Gasteiger partial charge is 0.356 e. The van der Waals surface area contributed by atoms with Crippen LogP contribution in [0.3, 0.4) is 0 Å². The van der Waals surface area contributed by atoms with Crippen LogP contribution in [-0.4, -0.2) is 37.3 Å². The summed E-state index contributed by atoms with van der Waals surface area (Å²) in [6.45, 7) is 1.14. The number of halogens is 3. The molecule has 1 aromatic heterocycles. The average Bonchev–Trinajstić information content (AvgIpc) is 2.45. The highest BCUT2D eigenvalue weighted by Crippen LogP contribution is 2.21. The van der Waals surface area contributed by atoms with E-state index in [1.165, 1.54) is 0 Å². The lowest BCUT2D eigenvalue weighted by Gasteiger charge is -2.12. The van der Waals surface area contributed by atoms with Crippen molar-refractivity contribution in [1.82, 2.24) is 15.6 Å². The van der Waals surface area contributed by atoms with E-state index in [0.717, 1.165) is 12.1 Å². The monoisotopic (exact) mass is 302 g/mol. The first-order chi connectivity index (χ1) is 10.0. The molecular formula is C14H21F3N4. The highest BCUT2D eigenvalue weighted by Gasteiger charge is 2.25. The van der Waals surface area contributed by atoms with Gasteiger partial charge in [-0.15, -0.1) is 0 Å². The number of guanidine groups is 1. The van der Waals surface area contributed by atoms with Crippen molar-refractivity contribution in [3.05, 3.63) is 30.1 Å². The number of aliphatic imine (C=N–C) groups is 1. The molecule has 0 bridgehead atoms. The Morgan fingerprint density at radius 2 is 1.95 bits per heavy atom. The fourth-order valence-corrected chi connectivity index (χ4v) is 1.73. The number of nitrogens with one attached hydrogen (secondary N) is 2. The highest BCUT2D eigenvalue weighted by molar-refractivity contribution is 5.79. The molecule has 0 amide bonds. The molecule has 0 aliphatic carbocycles. The molecule has 118 valence electrons. The molecule has 0 spiro atoms. The molecule has 0 aromatic carbocycles. The van der Waals surface area contributed by atoms with Crippen LogP contribution in [0.1, 0.15) is 25.0 Å². The van der Waals surface area contributed by atoms with Crippen molar-refractivity contribution in [3.63, 3.8) is 0 Å². The number of pyridine rings is 1. The Bertz CT molecular complexity index is 418. The van der Waals surface area contributed by atoms with Crippen molar-refractivity contribution >= 4 is 5.96 Å². The maximum Gasteiger partial charge on any atom is 0.389 e. The van der Waals surface area contributed by atoms with Gasteiger partial charge in [-0.05, 0) is 25.0 Å². The molecule has 0 saturated heterocycles. The van der Waals surface area contributed by atoms with Gasteiger partial charge in [0.15, 0.2) is 5.96 Å². The third-order valence-electron chi connectivity index (χ3n) is 2.80. The van der Waals surface area contributed by atoms with Crippen molar-refractivity contribution < 1.29 is 13.2 Å². The average molecular weight is 302 g/mol. The first-order valence-corrected chi connectivity index (χ1v) is 6.92. The number of unbranched alkanes of at least 4 members (excludes halogenated alkanes) is 1. The van der Waals surface area contributed by atoms with Crippen molar-refractivity contribution in [2.75, 3.05) is 20.1 Å². The standard InChI is InChI=1S/C14H21F3N4/c1-18-13(20-10-5-3-8-14(15,16)17)21-11-7-12-6-2-4-9-19-12/h2,4,6,9H,3,5,7-8,10-11H2,1H3,(H2,18,20,21). The van der Waals surface area contributed by atoms with Crippen LogP contribution in [0.15, 0.2) is 29.4 Å². The summed E-state index contributed by atoms with van der Waals surface area (Å²) < 4.78 is 35.9. The van der Waals surface area contributed by atoms with E-state index < -0.39 is 12.6 Å². The molecule has 0 aliphatic heterocycles. The van der Waals surface area contributed by atoms with E-state index >= 15 is 0 Å². The van der Waals surface area contributed by atoms with Gasteiger partial charge in [0.25, 0.3) is 0 Å². The lowest BCUT2D eigenvalue weighted by atomic mass is 10.2. The third-order valence-corrected chi connectivity index (χ3v) is 2.80. The minimum Gasteiger partial charge on any atom is -0.356 e. The Morgan fingerprint density at radius 1 is 1.19 bits per heavy atom. The van der Waals surface area contributed by atoms with E-state index in [2.05, 4.69) is 20.6 Å². The molecule has 1 heterocycles. The zero-order chi connectivity index (χ0) is 15.6. The summed E-state index contributed by atoms with van der Waals surface area (Å²) in [5, 5.41) is 6.09. The van der Waals surface area contributed by atoms with Crippen LogP contribution in [0.2, 0.25) is 0 Å². The topological polar surface area (TPSA) is 49.3 Å². The van der Waals surface area contributed by atoms with Gasteiger partial charge >= 0.3 is 6.18 Å². The molecule has 7 heteroatoms. The number of hydrogen-bond acceptors (Lipinski definition) is 2. The van der Waals surface area contributed by atoms with E-state index in [1.807, 2.05) is 18.2 Å². The second-order valence-electron chi connectivity index (χ2n) is 4.57. The summed E-state index contributed by atoms with van der Waals surface area (Å²) in [6.07, 6.45) is -1.72. The second kappa shape index (κ2) is 9.20. The summed E-state index contributed by atoms with van der Waals surface area (Å²) in [6, 6.07) is 5.73. The second-order valence-corrected chi connectivity index (χ2v) is 4.57. The molecule has 1 rings (SSSR count). The summed E-state index contributed by atoms with van der Waals surface area (Å²) in [5.74, 6) is 0.595. The first kappa shape index (κ1) is 17.3. The van der Waals surface area contributed by atoms with Crippen molar-refractivity contribution in [3.8, 4) is 0 Å². The van der Waals surface area contributed by atoms with Crippen molar-refractivity contribution in [1.29, 1.82) is 0 Å². The number of nitrogens with zero attached hydrogens (tertiary/aromatic N) is 2. The number of rotatable bonds is 7. The maximum absolute atomic E-state index is 12.0. The van der Waals surface area contributed by atoms with Crippen LogP contribution in [0.25, 0.3) is 0 Å². The van der Waals surface area contributed by atoms with E-state index in [9.17, 15) is 13.2 Å². The molecule has 0 radical (unpaired) electrons. The van der Waals surface area contributed by atoms with Crippen molar-refractivity contribution in [2.24, 2.45) is 4.99 Å². The fourth-order valence-electron chi connectivity index (χ4n) is 1.73. The predicted molar refractivity (Wildman–Crippen MR) is 77.2 cm³/mol. The van der Waals surface area contributed by atoms with Gasteiger partial charge in [-0.3, -0.25) is 9.98 Å². The molecule has 0 atom stereocenters. The summed E-state index contributed by atoms with van der Waals surface area (Å²) in [7, 11) is 1.63. The minimum absolute atomic E-state index is 0.126. The minimum atomic E-state index is -4.07. The van der Waals surface area contributed by atoms with Gasteiger partial charge < -0.3 is 10.6 Å². The predicted octanol–water partition coefficient (Wildman–Crippen LogP) is 2.52. The van der Waals surface area contributed by atoms with Gasteiger partial charge in [0, 0.05) is 44.9 Å². The molecule has 0 fully saturated rings. The Balaban J connectivity index is 2.12. The Morgan fingerprint density at radius 3 is 2.57 bits per heavy atom. The van der Waals surface area contributed by atoms with Crippen LogP contribution in [-0.2, 0) is 6.42 Å². The van der Waals surface area contributed by atoms with Crippen LogP contribution >= 0.6 is 0 Å². The molecule has 1 aromatic rings. The third kappa shape index (κ3) is 8.88. The Kier molecular flexibility index (Phi) is 7.56. The first-order valence-electron chi connectivity index (χ1n) is 6.92. The van der Waals surface area contributed by atoms with Crippen LogP contribution < -0.4 is 10.6 Å². The zero-order valence-electron chi connectivity index (χ0n) is 12.1. The SMILES string of the molecule is CN=C(NCCCCC(F)(F)F)NCCc1ccccn1. The lowest BCUT2D eigenvalue weighted by molar-refractivity contribution is -0.135. The molecule has 0 saturated carbocycles. The number of alkyl halides is 3. The van der Waals surface area contributed by atoms with E-state index in [4.69, 9.17) is 0 Å². The normalized spacial score (nSPS) is 12.3. The maximum atomic E-state index is 12.0. The molecular weight excluding hydrogens is 281 g/mol. The number of aromatic nitrogens is 1. The molecule has 0 unspecified atom stereocenters. The van der Waals surface area contributed by atoms with Gasteiger partial charge in [-0.1, -0.05) is 6.07 Å². The highest BCUT2D eigenvalue weighted by atomic mass is 19.4.